The molecule has 1 saturated heterocycles. The van der Waals surface area contributed by atoms with E-state index in [1.54, 1.807) is 20.2 Å². The fraction of sp³-hybridized carbons (Fsp3) is 0.541. The lowest BCUT2D eigenvalue weighted by Crippen LogP contribution is -2.46. The van der Waals surface area contributed by atoms with Gasteiger partial charge in [0, 0.05) is 50.6 Å². The lowest BCUT2D eigenvalue weighted by Gasteiger charge is -2.37. The highest BCUT2D eigenvalue weighted by molar-refractivity contribution is 7.23. The summed E-state index contributed by atoms with van der Waals surface area (Å²) >= 11 is 1.08. The van der Waals surface area contributed by atoms with E-state index < -0.39 is 11.9 Å². The number of carbonyl (C=O) groups is 1. The van der Waals surface area contributed by atoms with Crippen LogP contribution in [-0.4, -0.2) is 81.8 Å². The first kappa shape index (κ1) is 35.1. The van der Waals surface area contributed by atoms with E-state index in [1.807, 2.05) is 24.6 Å². The van der Waals surface area contributed by atoms with Crippen molar-refractivity contribution in [1.82, 2.24) is 29.5 Å². The van der Waals surface area contributed by atoms with Gasteiger partial charge in [-0.1, -0.05) is 19.9 Å². The zero-order chi connectivity index (χ0) is 36.0. The van der Waals surface area contributed by atoms with Crippen molar-refractivity contribution in [2.24, 2.45) is 5.92 Å². The predicted octanol–water partition coefficient (Wildman–Crippen LogP) is 5.68. The number of rotatable bonds is 5. The minimum Gasteiger partial charge on any atom is -0.458 e. The molecule has 14 heteroatoms. The number of fused-ring (bicyclic) bond motifs is 4. The molecule has 4 atom stereocenters. The number of benzene rings is 1. The molecule has 1 aliphatic carbocycles. The molecule has 8 rings (SSSR count). The number of hydrogen-bond acceptors (Lipinski definition) is 11. The fourth-order valence-electron chi connectivity index (χ4n) is 8.28. The van der Waals surface area contributed by atoms with Crippen molar-refractivity contribution >= 4 is 38.1 Å². The number of aromatic nitrogens is 4. The number of nitrogens with two attached hydrogens (primary N) is 1. The first-order valence-electron chi connectivity index (χ1n) is 18.0. The molecule has 0 radical (unpaired) electrons. The Hall–Kier alpha value is -4.32. The summed E-state index contributed by atoms with van der Waals surface area (Å²) in [6.07, 6.45) is 5.18. The molecule has 0 bridgehead atoms. The molecule has 1 aromatic carbocycles. The zero-order valence-electron chi connectivity index (χ0n) is 30.0. The minimum absolute atomic E-state index is 0.0124. The van der Waals surface area contributed by atoms with Crippen LogP contribution in [0.25, 0.3) is 10.1 Å². The Morgan fingerprint density at radius 1 is 1.16 bits per heavy atom. The van der Waals surface area contributed by atoms with Gasteiger partial charge in [-0.3, -0.25) is 14.4 Å². The van der Waals surface area contributed by atoms with E-state index >= 15 is 0 Å². The molecule has 2 fully saturated rings. The molecule has 4 aliphatic rings. The number of halogens is 1. The van der Waals surface area contributed by atoms with Crippen LogP contribution in [0.5, 0.6) is 6.01 Å². The van der Waals surface area contributed by atoms with E-state index in [0.717, 1.165) is 66.5 Å². The number of likely N-dealkylation sites (tertiary alicyclic amines) is 1. The summed E-state index contributed by atoms with van der Waals surface area (Å²) in [5, 5.41) is 15.3. The summed E-state index contributed by atoms with van der Waals surface area (Å²) in [6, 6.07) is 7.84. The van der Waals surface area contributed by atoms with Crippen LogP contribution in [0.1, 0.15) is 90.6 Å². The lowest BCUT2D eigenvalue weighted by atomic mass is 9.83. The Morgan fingerprint density at radius 3 is 2.76 bits per heavy atom. The summed E-state index contributed by atoms with van der Waals surface area (Å²) in [7, 11) is 5.63. The van der Waals surface area contributed by atoms with Gasteiger partial charge in [-0.15, -0.1) is 11.3 Å². The van der Waals surface area contributed by atoms with Crippen molar-refractivity contribution in [3.63, 3.8) is 0 Å². The van der Waals surface area contributed by atoms with Gasteiger partial charge >= 0.3 is 6.01 Å². The van der Waals surface area contributed by atoms with Crippen molar-refractivity contribution < 1.29 is 18.7 Å². The number of nitrogens with zero attached hydrogens (tertiary/aromatic N) is 8. The van der Waals surface area contributed by atoms with Crippen LogP contribution in [-0.2, 0) is 30.9 Å². The number of ether oxygens (including phenoxy) is 2. The van der Waals surface area contributed by atoms with Crippen LogP contribution in [0.2, 0.25) is 0 Å². The van der Waals surface area contributed by atoms with E-state index in [4.69, 9.17) is 25.2 Å². The second-order valence-electron chi connectivity index (χ2n) is 13.9. The van der Waals surface area contributed by atoms with Gasteiger partial charge in [-0.05, 0) is 69.3 Å². The van der Waals surface area contributed by atoms with Gasteiger partial charge in [0.25, 0.3) is 5.91 Å². The van der Waals surface area contributed by atoms with Crippen LogP contribution < -0.4 is 15.4 Å². The molecule has 6 heterocycles. The van der Waals surface area contributed by atoms with Crippen LogP contribution in [0.15, 0.2) is 18.2 Å². The van der Waals surface area contributed by atoms with Crippen molar-refractivity contribution in [2.45, 2.75) is 90.3 Å². The zero-order valence-corrected chi connectivity index (χ0v) is 30.8. The summed E-state index contributed by atoms with van der Waals surface area (Å²) in [4.78, 5) is 29.1. The molecule has 12 nitrogen and oxygen atoms in total. The minimum atomic E-state index is -0.475. The second-order valence-corrected chi connectivity index (χ2v) is 14.9. The molecular weight excluding hydrogens is 670 g/mol. The van der Waals surface area contributed by atoms with E-state index in [9.17, 15) is 14.4 Å². The number of aryl methyl sites for hydroxylation is 1. The molecule has 4 aromatic rings. The van der Waals surface area contributed by atoms with Crippen LogP contribution >= 0.6 is 11.3 Å². The average Bonchev–Trinajstić information content (AvgIpc) is 3.78. The average molecular weight is 716 g/mol. The third-order valence-electron chi connectivity index (χ3n) is 10.7. The first-order chi connectivity index (χ1) is 24.7. The van der Waals surface area contributed by atoms with Crippen molar-refractivity contribution in [2.75, 3.05) is 44.9 Å². The number of nitriles is 1. The number of anilines is 2. The Kier molecular flexibility index (Phi) is 9.88. The molecule has 0 spiro atoms. The van der Waals surface area contributed by atoms with E-state index in [2.05, 4.69) is 28.0 Å². The normalized spacial score (nSPS) is 23.0. The summed E-state index contributed by atoms with van der Waals surface area (Å²) < 4.78 is 30.5. The van der Waals surface area contributed by atoms with Crippen molar-refractivity contribution in [3.8, 4) is 12.1 Å². The highest BCUT2D eigenvalue weighted by atomic mass is 32.1. The monoisotopic (exact) mass is 715 g/mol. The van der Waals surface area contributed by atoms with Gasteiger partial charge in [-0.25, -0.2) is 4.39 Å². The van der Waals surface area contributed by atoms with Crippen LogP contribution in [0.4, 0.5) is 15.2 Å². The third-order valence-corrected chi connectivity index (χ3v) is 11.7. The van der Waals surface area contributed by atoms with Gasteiger partial charge in [-0.2, -0.15) is 20.3 Å². The van der Waals surface area contributed by atoms with E-state index in [0.29, 0.717) is 63.8 Å². The number of carbonyl (C=O) groups excluding carboxylic acids is 1. The Bertz CT molecular complexity index is 1990. The second kappa shape index (κ2) is 14.4. The SMILES string of the molecule is CC.CN(C)C(=O)c1cc2n(n1)CCCN(c1nc(OC3CCCC4CCN(C)C43)nc3c1COC(c1ccc(F)c4sc(N)c(C#N)c14)C3)C2. The Balaban J connectivity index is 0.00000200. The molecule has 3 aliphatic heterocycles. The number of hydrogen-bond donors (Lipinski definition) is 1. The molecule has 4 unspecified atom stereocenters. The van der Waals surface area contributed by atoms with E-state index in [1.165, 1.54) is 23.8 Å². The van der Waals surface area contributed by atoms with E-state index in [-0.39, 0.29) is 24.2 Å². The largest absolute Gasteiger partial charge is 0.458 e. The number of nitrogen functional groups attached to an aromatic ring is 1. The van der Waals surface area contributed by atoms with Gasteiger partial charge in [0.2, 0.25) is 0 Å². The molecule has 3 aromatic heterocycles. The Labute approximate surface area is 301 Å². The molecule has 270 valence electrons. The first-order valence-corrected chi connectivity index (χ1v) is 18.8. The maximum Gasteiger partial charge on any atom is 0.318 e. The molecule has 51 heavy (non-hydrogen) atoms. The smallest absolute Gasteiger partial charge is 0.318 e. The van der Waals surface area contributed by atoms with Gasteiger partial charge in [0.05, 0.1) is 40.9 Å². The quantitative estimate of drug-likeness (QED) is 0.275. The summed E-state index contributed by atoms with van der Waals surface area (Å²) in [6.45, 7) is 7.21. The predicted molar refractivity (Wildman–Crippen MR) is 194 cm³/mol. The van der Waals surface area contributed by atoms with Crippen molar-refractivity contribution in [3.05, 3.63) is 57.8 Å². The molecular formula is C37H46FN9O3S. The number of likely N-dealkylation sites (N-methyl/N-ethyl adjacent to an activating group) is 1. The summed E-state index contributed by atoms with van der Waals surface area (Å²) in [5.74, 6) is 0.817. The third kappa shape index (κ3) is 6.40. The maximum atomic E-state index is 14.9. The molecule has 2 N–H and O–H groups in total. The highest BCUT2D eigenvalue weighted by Crippen LogP contribution is 2.44. The molecule has 1 amide bonds. The van der Waals surface area contributed by atoms with Crippen LogP contribution in [0.3, 0.4) is 0 Å². The number of thiophene rings is 1. The van der Waals surface area contributed by atoms with Gasteiger partial charge in [0.15, 0.2) is 5.69 Å². The number of amides is 1. The van der Waals surface area contributed by atoms with Crippen LogP contribution in [0, 0.1) is 23.1 Å². The summed E-state index contributed by atoms with van der Waals surface area (Å²) in [5.41, 5.74) is 10.2. The maximum absolute atomic E-state index is 14.9. The highest BCUT2D eigenvalue weighted by Gasteiger charge is 2.42. The lowest BCUT2D eigenvalue weighted by molar-refractivity contribution is 0.0245. The van der Waals surface area contributed by atoms with Gasteiger partial charge < -0.3 is 25.0 Å². The topological polar surface area (TPSA) is 139 Å². The van der Waals surface area contributed by atoms with Crippen molar-refractivity contribution in [1.29, 1.82) is 5.26 Å². The Morgan fingerprint density at radius 2 is 1.98 bits per heavy atom. The standard InChI is InChI=1S/C35H40FN9O3S.C2H6/c1-42(2)34(46)26-14-20-17-44(11-5-12-45(20)41-26)33-23-18-47-28(21-8-9-24(36)31-29(21)22(16-37)32(38)49-31)15-25(23)39-35(40-33)48-27-7-4-6-19-10-13-43(3)30(19)27;1-2/h8-9,14,19,27-28,30H,4-7,10-13,15,17-18,38H2,1-3H3;1-2H3. The fourth-order valence-corrected chi connectivity index (χ4v) is 9.24. The molecule has 1 saturated carbocycles. The van der Waals surface area contributed by atoms with Gasteiger partial charge in [0.1, 0.15) is 28.8 Å².